The van der Waals surface area contributed by atoms with Gasteiger partial charge in [0.25, 0.3) is 10.0 Å². The first-order valence-corrected chi connectivity index (χ1v) is 15.5. The summed E-state index contributed by atoms with van der Waals surface area (Å²) in [6, 6.07) is 19.2. The lowest BCUT2D eigenvalue weighted by atomic mass is 10.1. The Kier molecular flexibility index (Phi) is 9.94. The summed E-state index contributed by atoms with van der Waals surface area (Å²) < 4.78 is 34.0. The second kappa shape index (κ2) is 13.4. The molecule has 10 heteroatoms. The Labute approximate surface area is 247 Å². The van der Waals surface area contributed by atoms with Crippen LogP contribution in [0.2, 0.25) is 5.02 Å². The van der Waals surface area contributed by atoms with Crippen LogP contribution in [0.4, 0.5) is 5.69 Å². The maximum Gasteiger partial charge on any atom is 0.264 e. The van der Waals surface area contributed by atoms with Crippen molar-refractivity contribution in [3.8, 4) is 5.75 Å². The Morgan fingerprint density at radius 1 is 1.02 bits per heavy atom. The van der Waals surface area contributed by atoms with E-state index in [2.05, 4.69) is 5.32 Å². The van der Waals surface area contributed by atoms with Crippen LogP contribution in [0.25, 0.3) is 0 Å². The molecule has 1 aliphatic carbocycles. The molecule has 41 heavy (non-hydrogen) atoms. The summed E-state index contributed by atoms with van der Waals surface area (Å²) in [6.45, 7) is 3.07. The van der Waals surface area contributed by atoms with Crippen molar-refractivity contribution in [2.24, 2.45) is 0 Å². The van der Waals surface area contributed by atoms with Gasteiger partial charge in [0.2, 0.25) is 11.8 Å². The summed E-state index contributed by atoms with van der Waals surface area (Å²) in [5.41, 5.74) is 1.80. The van der Waals surface area contributed by atoms with Crippen molar-refractivity contribution in [1.29, 1.82) is 0 Å². The molecule has 1 atom stereocenters. The molecule has 2 amide bonds. The van der Waals surface area contributed by atoms with E-state index in [-0.39, 0.29) is 29.1 Å². The van der Waals surface area contributed by atoms with Gasteiger partial charge in [-0.2, -0.15) is 0 Å². The summed E-state index contributed by atoms with van der Waals surface area (Å²) >= 11 is 6.38. The second-order valence-electron chi connectivity index (χ2n) is 10.3. The number of hydrogen-bond donors (Lipinski definition) is 1. The second-order valence-corrected chi connectivity index (χ2v) is 12.6. The molecule has 1 saturated carbocycles. The van der Waals surface area contributed by atoms with Crippen molar-refractivity contribution in [3.05, 3.63) is 88.9 Å². The highest BCUT2D eigenvalue weighted by atomic mass is 35.5. The smallest absolute Gasteiger partial charge is 0.264 e. The number of benzene rings is 3. The number of carbonyl (C=O) groups excluding carboxylic acids is 2. The first kappa shape index (κ1) is 30.4. The predicted molar refractivity (Wildman–Crippen MR) is 161 cm³/mol. The third-order valence-electron chi connectivity index (χ3n) is 7.43. The number of nitrogens with zero attached hydrogens (tertiary/aromatic N) is 2. The minimum Gasteiger partial charge on any atom is -0.497 e. The lowest BCUT2D eigenvalue weighted by molar-refractivity contribution is -0.139. The molecular formula is C31H36ClN3O5S. The van der Waals surface area contributed by atoms with Crippen LogP contribution in [-0.2, 0) is 26.2 Å². The Hall–Kier alpha value is -3.56. The predicted octanol–water partition coefficient (Wildman–Crippen LogP) is 5.33. The molecule has 3 aromatic carbocycles. The largest absolute Gasteiger partial charge is 0.497 e. The van der Waals surface area contributed by atoms with Crippen molar-refractivity contribution in [2.75, 3.05) is 18.0 Å². The van der Waals surface area contributed by atoms with Crippen molar-refractivity contribution in [1.82, 2.24) is 10.2 Å². The van der Waals surface area contributed by atoms with Crippen LogP contribution in [0.5, 0.6) is 5.75 Å². The first-order valence-electron chi connectivity index (χ1n) is 13.7. The number of hydrogen-bond acceptors (Lipinski definition) is 5. The number of sulfonamides is 1. The van der Waals surface area contributed by atoms with Gasteiger partial charge in [0, 0.05) is 17.6 Å². The van der Waals surface area contributed by atoms with Crippen molar-refractivity contribution in [2.45, 2.75) is 63.1 Å². The lowest BCUT2D eigenvalue weighted by Gasteiger charge is -2.32. The van der Waals surface area contributed by atoms with Gasteiger partial charge in [0.1, 0.15) is 18.3 Å². The van der Waals surface area contributed by atoms with E-state index in [1.807, 2.05) is 19.1 Å². The number of amides is 2. The zero-order valence-electron chi connectivity index (χ0n) is 23.5. The summed E-state index contributed by atoms with van der Waals surface area (Å²) in [6.07, 6.45) is 3.92. The molecule has 0 radical (unpaired) electrons. The van der Waals surface area contributed by atoms with Crippen molar-refractivity contribution in [3.63, 3.8) is 0 Å². The number of anilines is 1. The summed E-state index contributed by atoms with van der Waals surface area (Å²) in [5.74, 6) is -0.129. The van der Waals surface area contributed by atoms with Gasteiger partial charge >= 0.3 is 0 Å². The molecule has 0 bridgehead atoms. The molecule has 1 aliphatic rings. The number of methoxy groups -OCH3 is 1. The summed E-state index contributed by atoms with van der Waals surface area (Å²) in [5, 5.41) is 3.45. The SMILES string of the molecule is COc1ccc(CN(C(=O)CN(c2ccc(C)c(Cl)c2)S(=O)(=O)c2ccccc2)[C@@H](C)C(=O)NC2CCCC2)cc1. The van der Waals surface area contributed by atoms with E-state index >= 15 is 0 Å². The number of aryl methyl sites for hydroxylation is 1. The van der Waals surface area contributed by atoms with Crippen LogP contribution >= 0.6 is 11.6 Å². The summed E-state index contributed by atoms with van der Waals surface area (Å²) in [4.78, 5) is 28.8. The Morgan fingerprint density at radius 2 is 1.68 bits per heavy atom. The zero-order valence-corrected chi connectivity index (χ0v) is 25.1. The van der Waals surface area contributed by atoms with Gasteiger partial charge < -0.3 is 15.0 Å². The number of ether oxygens (including phenoxy) is 1. The Bertz CT molecular complexity index is 1460. The number of nitrogens with one attached hydrogen (secondary N) is 1. The van der Waals surface area contributed by atoms with Crippen LogP contribution in [0.15, 0.2) is 77.7 Å². The van der Waals surface area contributed by atoms with Crippen LogP contribution in [0.3, 0.4) is 0 Å². The Morgan fingerprint density at radius 3 is 2.29 bits per heavy atom. The standard InChI is InChI=1S/C31H36ClN3O5S/c1-22-13-16-26(19-29(22)32)35(41(38,39)28-11-5-4-6-12-28)21-30(36)34(20-24-14-17-27(40-3)18-15-24)23(2)31(37)33-25-9-7-8-10-25/h4-6,11-19,23,25H,7-10,20-21H2,1-3H3,(H,33,37)/t23-/m0/s1. The Balaban J connectivity index is 1.69. The van der Waals surface area contributed by atoms with Gasteiger partial charge in [-0.15, -0.1) is 0 Å². The average Bonchev–Trinajstić information content (AvgIpc) is 3.49. The number of carbonyl (C=O) groups is 2. The highest BCUT2D eigenvalue weighted by Gasteiger charge is 2.33. The molecule has 3 aromatic rings. The average molecular weight is 598 g/mol. The van der Waals surface area contributed by atoms with E-state index in [1.54, 1.807) is 56.5 Å². The van der Waals surface area contributed by atoms with Gasteiger partial charge in [0.15, 0.2) is 0 Å². The molecule has 0 spiro atoms. The minimum absolute atomic E-state index is 0.0400. The monoisotopic (exact) mass is 597 g/mol. The van der Waals surface area contributed by atoms with Crippen LogP contribution < -0.4 is 14.4 Å². The third kappa shape index (κ3) is 7.40. The molecule has 1 fully saturated rings. The number of rotatable bonds is 11. The van der Waals surface area contributed by atoms with Gasteiger partial charge in [-0.3, -0.25) is 13.9 Å². The maximum absolute atomic E-state index is 14.0. The van der Waals surface area contributed by atoms with E-state index in [1.165, 1.54) is 23.1 Å². The van der Waals surface area contributed by atoms with Crippen LogP contribution in [0.1, 0.15) is 43.7 Å². The van der Waals surface area contributed by atoms with Gasteiger partial charge in [0.05, 0.1) is 17.7 Å². The molecule has 0 aliphatic heterocycles. The van der Waals surface area contributed by atoms with E-state index in [0.29, 0.717) is 10.8 Å². The topological polar surface area (TPSA) is 96.0 Å². The molecule has 4 rings (SSSR count). The normalized spacial score (nSPS) is 14.3. The molecule has 0 unspecified atom stereocenters. The molecule has 0 saturated heterocycles. The van der Waals surface area contributed by atoms with Crippen molar-refractivity contribution >= 4 is 39.1 Å². The quantitative estimate of drug-likeness (QED) is 0.322. The van der Waals surface area contributed by atoms with E-state index < -0.39 is 28.5 Å². The van der Waals surface area contributed by atoms with Crippen LogP contribution in [0, 0.1) is 6.92 Å². The van der Waals surface area contributed by atoms with Gasteiger partial charge in [-0.1, -0.05) is 60.8 Å². The first-order chi connectivity index (χ1) is 19.6. The molecule has 218 valence electrons. The number of halogens is 1. The lowest BCUT2D eigenvalue weighted by Crippen LogP contribution is -2.52. The van der Waals surface area contributed by atoms with E-state index in [0.717, 1.165) is 41.1 Å². The fourth-order valence-corrected chi connectivity index (χ4v) is 6.49. The van der Waals surface area contributed by atoms with Gasteiger partial charge in [-0.25, -0.2) is 8.42 Å². The van der Waals surface area contributed by atoms with E-state index in [4.69, 9.17) is 16.3 Å². The molecule has 0 heterocycles. The molecule has 1 N–H and O–H groups in total. The highest BCUT2D eigenvalue weighted by molar-refractivity contribution is 7.92. The van der Waals surface area contributed by atoms with Crippen molar-refractivity contribution < 1.29 is 22.7 Å². The van der Waals surface area contributed by atoms with E-state index in [9.17, 15) is 18.0 Å². The highest BCUT2D eigenvalue weighted by Crippen LogP contribution is 2.29. The maximum atomic E-state index is 14.0. The minimum atomic E-state index is -4.15. The third-order valence-corrected chi connectivity index (χ3v) is 9.63. The molecule has 8 nitrogen and oxygen atoms in total. The fourth-order valence-electron chi connectivity index (χ4n) is 4.89. The summed E-state index contributed by atoms with van der Waals surface area (Å²) in [7, 11) is -2.58. The molecular weight excluding hydrogens is 562 g/mol. The zero-order chi connectivity index (χ0) is 29.6. The fraction of sp³-hybridized carbons (Fsp3) is 0.355. The van der Waals surface area contributed by atoms with Crippen LogP contribution in [-0.4, -0.2) is 50.9 Å². The molecule has 0 aromatic heterocycles. The van der Waals surface area contributed by atoms with Gasteiger partial charge in [-0.05, 0) is 74.2 Å².